The number of nitrogens with two attached hydrogens (primary N) is 1. The summed E-state index contributed by atoms with van der Waals surface area (Å²) in [5, 5.41) is 0. The van der Waals surface area contributed by atoms with E-state index in [0.717, 1.165) is 24.2 Å². The lowest BCUT2D eigenvalue weighted by Gasteiger charge is -2.08. The number of esters is 1. The first-order chi connectivity index (χ1) is 10.0. The van der Waals surface area contributed by atoms with Crippen molar-refractivity contribution in [1.29, 1.82) is 0 Å². The largest absolute Gasteiger partial charge is 0.462 e. The van der Waals surface area contributed by atoms with Crippen LogP contribution in [0.1, 0.15) is 30.0 Å². The minimum absolute atomic E-state index is 0.0572. The van der Waals surface area contributed by atoms with Crippen molar-refractivity contribution in [3.8, 4) is 0 Å². The van der Waals surface area contributed by atoms with Gasteiger partial charge in [-0.25, -0.2) is 14.2 Å². The van der Waals surface area contributed by atoms with E-state index in [0.29, 0.717) is 10.2 Å². The van der Waals surface area contributed by atoms with E-state index in [-0.39, 0.29) is 22.8 Å². The highest BCUT2D eigenvalue weighted by atomic mass is 32.2. The van der Waals surface area contributed by atoms with Gasteiger partial charge in [0.2, 0.25) is 0 Å². The van der Waals surface area contributed by atoms with Crippen LogP contribution in [0.2, 0.25) is 0 Å². The molecule has 0 aliphatic heterocycles. The van der Waals surface area contributed by atoms with E-state index in [4.69, 9.17) is 10.5 Å². The summed E-state index contributed by atoms with van der Waals surface area (Å²) < 4.78 is 23.6. The van der Waals surface area contributed by atoms with Crippen molar-refractivity contribution < 1.29 is 13.9 Å². The number of aromatic nitrogens is 2. The number of carbonyl (C=O) groups excluding carboxylic acids is 1. The minimum Gasteiger partial charge on any atom is -0.462 e. The summed E-state index contributed by atoms with van der Waals surface area (Å²) >= 11 is 2.31. The fourth-order valence-electron chi connectivity index (χ4n) is 1.55. The van der Waals surface area contributed by atoms with Crippen molar-refractivity contribution in [2.75, 3.05) is 12.3 Å². The highest BCUT2D eigenvalue weighted by Crippen LogP contribution is 2.33. The van der Waals surface area contributed by atoms with Gasteiger partial charge in [-0.15, -0.1) is 0 Å². The standard InChI is InChI=1S/C13H14FN3O2S2/c1-3-11-16-13(21-17-11)20-10-5-7(12(18)19-4-2)9(15)6-8(10)14/h5-6H,3-4,15H2,1-2H3. The van der Waals surface area contributed by atoms with E-state index in [9.17, 15) is 9.18 Å². The maximum atomic E-state index is 14.0. The van der Waals surface area contributed by atoms with Crippen LogP contribution in [0.25, 0.3) is 0 Å². The van der Waals surface area contributed by atoms with Crippen molar-refractivity contribution in [2.24, 2.45) is 0 Å². The Morgan fingerprint density at radius 2 is 2.24 bits per heavy atom. The van der Waals surface area contributed by atoms with Crippen molar-refractivity contribution in [3.05, 3.63) is 29.3 Å². The number of carbonyl (C=O) groups is 1. The van der Waals surface area contributed by atoms with Gasteiger partial charge in [0.15, 0.2) is 4.34 Å². The van der Waals surface area contributed by atoms with Crippen LogP contribution in [0.15, 0.2) is 21.4 Å². The minimum atomic E-state index is -0.566. The molecule has 5 nitrogen and oxygen atoms in total. The lowest BCUT2D eigenvalue weighted by molar-refractivity contribution is 0.0527. The molecule has 8 heteroatoms. The van der Waals surface area contributed by atoms with Gasteiger partial charge in [0.25, 0.3) is 0 Å². The summed E-state index contributed by atoms with van der Waals surface area (Å²) in [5.74, 6) is -0.355. The second kappa shape index (κ2) is 6.86. The number of aryl methyl sites for hydroxylation is 1. The Hall–Kier alpha value is -1.67. The van der Waals surface area contributed by atoms with Gasteiger partial charge in [0.1, 0.15) is 11.6 Å². The second-order valence-corrected chi connectivity index (χ2v) is 6.06. The van der Waals surface area contributed by atoms with Gasteiger partial charge >= 0.3 is 5.97 Å². The molecule has 0 saturated heterocycles. The normalized spacial score (nSPS) is 10.6. The van der Waals surface area contributed by atoms with Crippen LogP contribution in [-0.4, -0.2) is 21.9 Å². The Bertz CT molecular complexity index is 661. The molecule has 0 saturated carbocycles. The van der Waals surface area contributed by atoms with Crippen LogP contribution in [0.5, 0.6) is 0 Å². The van der Waals surface area contributed by atoms with Crippen molar-refractivity contribution in [1.82, 2.24) is 9.36 Å². The maximum Gasteiger partial charge on any atom is 0.340 e. The zero-order valence-corrected chi connectivity index (χ0v) is 13.2. The van der Waals surface area contributed by atoms with Gasteiger partial charge in [0.05, 0.1) is 17.1 Å². The number of anilines is 1. The molecular formula is C13H14FN3O2S2. The molecule has 2 aromatic rings. The molecule has 0 atom stereocenters. The Balaban J connectivity index is 2.30. The average Bonchev–Trinajstić information content (AvgIpc) is 2.89. The van der Waals surface area contributed by atoms with Crippen LogP contribution >= 0.6 is 23.3 Å². The monoisotopic (exact) mass is 327 g/mol. The molecule has 1 aromatic carbocycles. The number of hydrogen-bond donors (Lipinski definition) is 1. The molecule has 0 amide bonds. The topological polar surface area (TPSA) is 78.1 Å². The highest BCUT2D eigenvalue weighted by Gasteiger charge is 2.17. The van der Waals surface area contributed by atoms with Gasteiger partial charge < -0.3 is 10.5 Å². The molecular weight excluding hydrogens is 313 g/mol. The molecule has 1 heterocycles. The summed E-state index contributed by atoms with van der Waals surface area (Å²) in [7, 11) is 0. The molecule has 2 N–H and O–H groups in total. The molecule has 0 fully saturated rings. The third-order valence-corrected chi connectivity index (χ3v) is 4.38. The first-order valence-corrected chi connectivity index (χ1v) is 7.90. The third kappa shape index (κ3) is 3.70. The summed E-state index contributed by atoms with van der Waals surface area (Å²) in [6.07, 6.45) is 0.718. The van der Waals surface area contributed by atoms with Crippen LogP contribution < -0.4 is 5.73 Å². The molecule has 1 aromatic heterocycles. The van der Waals surface area contributed by atoms with E-state index in [2.05, 4.69) is 9.36 Å². The molecule has 0 aliphatic carbocycles. The van der Waals surface area contributed by atoms with Crippen molar-refractivity contribution >= 4 is 35.0 Å². The molecule has 0 aliphatic rings. The first-order valence-electron chi connectivity index (χ1n) is 6.31. The van der Waals surface area contributed by atoms with Gasteiger partial charge in [-0.2, -0.15) is 4.37 Å². The van der Waals surface area contributed by atoms with Gasteiger partial charge in [-0.3, -0.25) is 0 Å². The van der Waals surface area contributed by atoms with Crippen molar-refractivity contribution in [3.63, 3.8) is 0 Å². The molecule has 2 rings (SSSR count). The first kappa shape index (κ1) is 15.7. The summed E-state index contributed by atoms with van der Waals surface area (Å²) in [6.45, 7) is 3.87. The van der Waals surface area contributed by atoms with E-state index in [1.807, 2.05) is 6.92 Å². The Morgan fingerprint density at radius 1 is 1.48 bits per heavy atom. The van der Waals surface area contributed by atoms with E-state index in [1.165, 1.54) is 17.6 Å². The average molecular weight is 327 g/mol. The van der Waals surface area contributed by atoms with E-state index in [1.54, 1.807) is 6.92 Å². The Morgan fingerprint density at radius 3 is 2.86 bits per heavy atom. The molecule has 0 unspecified atom stereocenters. The Labute approximate surface area is 129 Å². The van der Waals surface area contributed by atoms with Crippen LogP contribution in [0, 0.1) is 5.82 Å². The number of benzene rings is 1. The number of nitrogens with zero attached hydrogens (tertiary/aromatic N) is 2. The summed E-state index contributed by atoms with van der Waals surface area (Å²) in [5.41, 5.74) is 5.88. The fourth-order valence-corrected chi connectivity index (χ4v) is 3.25. The zero-order valence-electron chi connectivity index (χ0n) is 11.6. The van der Waals surface area contributed by atoms with E-state index < -0.39 is 11.8 Å². The van der Waals surface area contributed by atoms with Crippen LogP contribution in [-0.2, 0) is 11.2 Å². The number of nitrogen functional groups attached to an aromatic ring is 1. The molecule has 112 valence electrons. The molecule has 21 heavy (non-hydrogen) atoms. The smallest absolute Gasteiger partial charge is 0.340 e. The SMILES string of the molecule is CCOC(=O)c1cc(Sc2nc(CC)ns2)c(F)cc1N. The Kier molecular flexibility index (Phi) is 5.13. The zero-order chi connectivity index (χ0) is 15.4. The van der Waals surface area contributed by atoms with E-state index >= 15 is 0 Å². The number of ether oxygens (including phenoxy) is 1. The highest BCUT2D eigenvalue weighted by molar-refractivity contribution is 8.01. The fraction of sp³-hybridized carbons (Fsp3) is 0.308. The summed E-state index contributed by atoms with van der Waals surface area (Å²) in [4.78, 5) is 16.3. The number of halogens is 1. The third-order valence-electron chi connectivity index (χ3n) is 2.56. The van der Waals surface area contributed by atoms with Crippen LogP contribution in [0.3, 0.4) is 0 Å². The summed E-state index contributed by atoms with van der Waals surface area (Å²) in [6, 6.07) is 2.51. The van der Waals surface area contributed by atoms with Crippen molar-refractivity contribution in [2.45, 2.75) is 29.5 Å². The molecule has 0 radical (unpaired) electrons. The second-order valence-electron chi connectivity index (χ2n) is 4.02. The molecule has 0 bridgehead atoms. The lowest BCUT2D eigenvalue weighted by Crippen LogP contribution is -2.08. The molecule has 0 spiro atoms. The lowest BCUT2D eigenvalue weighted by atomic mass is 10.2. The van der Waals surface area contributed by atoms with Gasteiger partial charge in [-0.05, 0) is 30.6 Å². The predicted molar refractivity (Wildman–Crippen MR) is 80.2 cm³/mol. The maximum absolute atomic E-state index is 14.0. The quantitative estimate of drug-likeness (QED) is 0.671. The number of rotatable bonds is 5. The van der Waals surface area contributed by atoms with Gasteiger partial charge in [-0.1, -0.05) is 18.7 Å². The number of hydrogen-bond acceptors (Lipinski definition) is 7. The van der Waals surface area contributed by atoms with Crippen LogP contribution in [0.4, 0.5) is 10.1 Å². The van der Waals surface area contributed by atoms with Gasteiger partial charge in [0, 0.05) is 12.1 Å². The predicted octanol–water partition coefficient (Wildman–Crippen LogP) is 3.15.